The minimum atomic E-state index is -0.455. The van der Waals surface area contributed by atoms with Gasteiger partial charge in [0.15, 0.2) is 0 Å². The second-order valence-electron chi connectivity index (χ2n) is 3.67. The van der Waals surface area contributed by atoms with Gasteiger partial charge in [0, 0.05) is 7.05 Å². The zero-order valence-corrected chi connectivity index (χ0v) is 9.66. The maximum absolute atomic E-state index is 11.6. The number of carbonyl (C=O) groups is 1. The summed E-state index contributed by atoms with van der Waals surface area (Å²) in [5, 5.41) is 7.01. The highest BCUT2D eigenvalue weighted by Crippen LogP contribution is 2.18. The zero-order valence-electron chi connectivity index (χ0n) is 9.66. The molecule has 0 radical (unpaired) electrons. The normalized spacial score (nSPS) is 12.6. The first-order chi connectivity index (χ1) is 6.97. The molecule has 3 N–H and O–H groups in total. The molecule has 1 amide bonds. The summed E-state index contributed by atoms with van der Waals surface area (Å²) in [5.41, 5.74) is 8.15. The first-order valence-corrected chi connectivity index (χ1v) is 5.04. The van der Waals surface area contributed by atoms with E-state index in [0.29, 0.717) is 6.42 Å². The van der Waals surface area contributed by atoms with Crippen LogP contribution in [-0.2, 0) is 11.8 Å². The second kappa shape index (κ2) is 4.44. The molecule has 0 aliphatic carbocycles. The van der Waals surface area contributed by atoms with Gasteiger partial charge in [0.1, 0.15) is 0 Å². The van der Waals surface area contributed by atoms with Gasteiger partial charge in [-0.15, -0.1) is 0 Å². The SMILES string of the molecule is CC[C@H](N)C(=O)Nc1c(C)nn(C)c1C. The molecular formula is C10H18N4O. The first kappa shape index (κ1) is 11.7. The Bertz CT molecular complexity index is 370. The molecule has 15 heavy (non-hydrogen) atoms. The Kier molecular flexibility index (Phi) is 3.47. The lowest BCUT2D eigenvalue weighted by Gasteiger charge is -2.10. The van der Waals surface area contributed by atoms with Gasteiger partial charge in [-0.25, -0.2) is 0 Å². The lowest BCUT2D eigenvalue weighted by Crippen LogP contribution is -2.35. The largest absolute Gasteiger partial charge is 0.322 e. The van der Waals surface area contributed by atoms with E-state index in [1.807, 2.05) is 27.8 Å². The van der Waals surface area contributed by atoms with E-state index in [2.05, 4.69) is 10.4 Å². The molecule has 0 saturated carbocycles. The molecule has 0 spiro atoms. The van der Waals surface area contributed by atoms with Gasteiger partial charge in [0.2, 0.25) is 5.91 Å². The summed E-state index contributed by atoms with van der Waals surface area (Å²) < 4.78 is 1.74. The lowest BCUT2D eigenvalue weighted by molar-refractivity contribution is -0.117. The van der Waals surface area contributed by atoms with Crippen LogP contribution in [0.5, 0.6) is 0 Å². The standard InChI is InChI=1S/C10H18N4O/c1-5-8(11)10(15)12-9-6(2)13-14(4)7(9)3/h8H,5,11H2,1-4H3,(H,12,15)/t8-/m0/s1. The number of nitrogens with one attached hydrogen (secondary N) is 1. The summed E-state index contributed by atoms with van der Waals surface area (Å²) >= 11 is 0. The van der Waals surface area contributed by atoms with Gasteiger partial charge in [-0.05, 0) is 20.3 Å². The van der Waals surface area contributed by atoms with Crippen molar-refractivity contribution in [1.82, 2.24) is 9.78 Å². The molecule has 0 bridgehead atoms. The Morgan fingerprint density at radius 3 is 2.60 bits per heavy atom. The number of amides is 1. The number of hydrogen-bond donors (Lipinski definition) is 2. The Hall–Kier alpha value is -1.36. The zero-order chi connectivity index (χ0) is 11.6. The monoisotopic (exact) mass is 210 g/mol. The van der Waals surface area contributed by atoms with Crippen LogP contribution in [0.3, 0.4) is 0 Å². The van der Waals surface area contributed by atoms with Crippen LogP contribution in [0.4, 0.5) is 5.69 Å². The quantitative estimate of drug-likeness (QED) is 0.771. The molecule has 0 fully saturated rings. The number of aryl methyl sites for hydroxylation is 2. The molecule has 0 unspecified atom stereocenters. The summed E-state index contributed by atoms with van der Waals surface area (Å²) in [4.78, 5) is 11.6. The fraction of sp³-hybridized carbons (Fsp3) is 0.600. The van der Waals surface area contributed by atoms with Crippen molar-refractivity contribution in [2.24, 2.45) is 12.8 Å². The van der Waals surface area contributed by atoms with E-state index in [1.165, 1.54) is 0 Å². The molecule has 1 atom stereocenters. The van der Waals surface area contributed by atoms with Crippen LogP contribution in [0, 0.1) is 13.8 Å². The summed E-state index contributed by atoms with van der Waals surface area (Å²) in [6.45, 7) is 5.65. The molecule has 1 rings (SSSR count). The smallest absolute Gasteiger partial charge is 0.241 e. The van der Waals surface area contributed by atoms with Gasteiger partial charge in [0.25, 0.3) is 0 Å². The number of carbonyl (C=O) groups excluding carboxylic acids is 1. The highest BCUT2D eigenvalue weighted by atomic mass is 16.2. The first-order valence-electron chi connectivity index (χ1n) is 5.04. The van der Waals surface area contributed by atoms with Crippen molar-refractivity contribution in [2.75, 3.05) is 5.32 Å². The number of anilines is 1. The molecule has 0 saturated heterocycles. The van der Waals surface area contributed by atoms with Crippen molar-refractivity contribution >= 4 is 11.6 Å². The molecule has 1 heterocycles. The number of rotatable bonds is 3. The van der Waals surface area contributed by atoms with E-state index in [-0.39, 0.29) is 5.91 Å². The van der Waals surface area contributed by atoms with Crippen LogP contribution < -0.4 is 11.1 Å². The number of nitrogens with two attached hydrogens (primary N) is 1. The van der Waals surface area contributed by atoms with Crippen LogP contribution >= 0.6 is 0 Å². The van der Waals surface area contributed by atoms with Crippen molar-refractivity contribution in [3.8, 4) is 0 Å². The molecule has 5 nitrogen and oxygen atoms in total. The van der Waals surface area contributed by atoms with Crippen LogP contribution in [0.15, 0.2) is 0 Å². The molecule has 0 aliphatic rings. The molecule has 5 heteroatoms. The predicted octanol–water partition coefficient (Wildman–Crippen LogP) is 0.713. The Labute approximate surface area is 89.6 Å². The van der Waals surface area contributed by atoms with Crippen LogP contribution in [0.25, 0.3) is 0 Å². The number of hydrogen-bond acceptors (Lipinski definition) is 3. The molecule has 84 valence electrons. The van der Waals surface area contributed by atoms with Crippen molar-refractivity contribution in [3.05, 3.63) is 11.4 Å². The van der Waals surface area contributed by atoms with Gasteiger partial charge in [-0.1, -0.05) is 6.92 Å². The van der Waals surface area contributed by atoms with Gasteiger partial charge in [-0.3, -0.25) is 9.48 Å². The summed E-state index contributed by atoms with van der Waals surface area (Å²) in [7, 11) is 1.84. The molecule has 0 aromatic carbocycles. The number of nitrogens with zero attached hydrogens (tertiary/aromatic N) is 2. The molecule has 0 aliphatic heterocycles. The maximum Gasteiger partial charge on any atom is 0.241 e. The maximum atomic E-state index is 11.6. The van der Waals surface area contributed by atoms with Gasteiger partial charge >= 0.3 is 0 Å². The number of aromatic nitrogens is 2. The highest BCUT2D eigenvalue weighted by molar-refractivity contribution is 5.95. The minimum absolute atomic E-state index is 0.156. The third-order valence-electron chi connectivity index (χ3n) is 2.53. The third-order valence-corrected chi connectivity index (χ3v) is 2.53. The van der Waals surface area contributed by atoms with Gasteiger partial charge in [-0.2, -0.15) is 5.10 Å². The van der Waals surface area contributed by atoms with Crippen molar-refractivity contribution in [1.29, 1.82) is 0 Å². The Morgan fingerprint density at radius 2 is 2.20 bits per heavy atom. The van der Waals surface area contributed by atoms with Crippen LogP contribution in [0.2, 0.25) is 0 Å². The molecular weight excluding hydrogens is 192 g/mol. The Balaban J connectivity index is 2.85. The second-order valence-corrected chi connectivity index (χ2v) is 3.67. The van der Waals surface area contributed by atoms with Gasteiger partial charge in [0.05, 0.1) is 23.1 Å². The lowest BCUT2D eigenvalue weighted by atomic mass is 10.2. The summed E-state index contributed by atoms with van der Waals surface area (Å²) in [5.74, 6) is -0.156. The van der Waals surface area contributed by atoms with Crippen molar-refractivity contribution < 1.29 is 4.79 Å². The average molecular weight is 210 g/mol. The van der Waals surface area contributed by atoms with E-state index in [9.17, 15) is 4.79 Å². The fourth-order valence-electron chi connectivity index (χ4n) is 1.36. The van der Waals surface area contributed by atoms with Crippen LogP contribution in [-0.4, -0.2) is 21.7 Å². The Morgan fingerprint density at radius 1 is 1.60 bits per heavy atom. The minimum Gasteiger partial charge on any atom is -0.322 e. The van der Waals surface area contributed by atoms with E-state index in [0.717, 1.165) is 17.1 Å². The average Bonchev–Trinajstić information content (AvgIpc) is 2.43. The molecule has 1 aromatic heterocycles. The van der Waals surface area contributed by atoms with Crippen LogP contribution in [0.1, 0.15) is 24.7 Å². The third kappa shape index (κ3) is 2.36. The predicted molar refractivity (Wildman–Crippen MR) is 59.6 cm³/mol. The van der Waals surface area contributed by atoms with E-state index in [4.69, 9.17) is 5.73 Å². The summed E-state index contributed by atoms with van der Waals surface area (Å²) in [6, 6.07) is -0.455. The molecule has 1 aromatic rings. The van der Waals surface area contributed by atoms with E-state index < -0.39 is 6.04 Å². The van der Waals surface area contributed by atoms with Crippen molar-refractivity contribution in [2.45, 2.75) is 33.2 Å². The van der Waals surface area contributed by atoms with E-state index >= 15 is 0 Å². The van der Waals surface area contributed by atoms with Gasteiger partial charge < -0.3 is 11.1 Å². The van der Waals surface area contributed by atoms with Crippen molar-refractivity contribution in [3.63, 3.8) is 0 Å². The fourth-order valence-corrected chi connectivity index (χ4v) is 1.36. The summed E-state index contributed by atoms with van der Waals surface area (Å²) in [6.07, 6.45) is 0.629. The topological polar surface area (TPSA) is 72.9 Å². The van der Waals surface area contributed by atoms with E-state index in [1.54, 1.807) is 4.68 Å². The highest BCUT2D eigenvalue weighted by Gasteiger charge is 2.16.